The lowest BCUT2D eigenvalue weighted by atomic mass is 9.81. The van der Waals surface area contributed by atoms with Crippen LogP contribution in [0.5, 0.6) is 0 Å². The number of benzene rings is 1. The first-order valence-electron chi connectivity index (χ1n) is 9.05. The molecule has 1 saturated carbocycles. The van der Waals surface area contributed by atoms with Crippen molar-refractivity contribution in [2.75, 3.05) is 11.9 Å². The van der Waals surface area contributed by atoms with E-state index in [2.05, 4.69) is 10.3 Å². The van der Waals surface area contributed by atoms with E-state index in [4.69, 9.17) is 0 Å². The lowest BCUT2D eigenvalue weighted by Crippen LogP contribution is -2.34. The number of carbonyl (C=O) groups excluding carboxylic acids is 3. The molecule has 1 aliphatic carbocycles. The summed E-state index contributed by atoms with van der Waals surface area (Å²) in [4.78, 5) is 42.8. The predicted molar refractivity (Wildman–Crippen MR) is 99.8 cm³/mol. The molecule has 2 atom stereocenters. The van der Waals surface area contributed by atoms with E-state index in [1.54, 1.807) is 0 Å². The van der Waals surface area contributed by atoms with E-state index >= 15 is 0 Å². The smallest absolute Gasteiger partial charge is 0.233 e. The number of anilines is 1. The van der Waals surface area contributed by atoms with Gasteiger partial charge in [-0.1, -0.05) is 30.2 Å². The molecule has 2 aromatic rings. The third-order valence-electron chi connectivity index (χ3n) is 5.29. The monoisotopic (exact) mass is 371 g/mol. The highest BCUT2D eigenvalue weighted by atomic mass is 32.1. The summed E-state index contributed by atoms with van der Waals surface area (Å²) < 4.78 is 1.02. The van der Waals surface area contributed by atoms with Crippen molar-refractivity contribution >= 4 is 44.4 Å². The van der Waals surface area contributed by atoms with Gasteiger partial charge >= 0.3 is 0 Å². The van der Waals surface area contributed by atoms with Crippen LogP contribution in [-0.2, 0) is 14.4 Å². The number of likely N-dealkylation sites (tertiary alicyclic amines) is 1. The van der Waals surface area contributed by atoms with Gasteiger partial charge in [-0.15, -0.1) is 0 Å². The minimum Gasteiger partial charge on any atom is -0.302 e. The van der Waals surface area contributed by atoms with Crippen LogP contribution in [0.1, 0.15) is 37.7 Å². The SMILES string of the molecule is Cc1ccc2nc(NC(=O)CCN3C(=O)[C@@H]4CCCC[C@H]4C3=O)sc2c1. The summed E-state index contributed by atoms with van der Waals surface area (Å²) >= 11 is 1.42. The van der Waals surface area contributed by atoms with Crippen LogP contribution in [0.15, 0.2) is 18.2 Å². The maximum Gasteiger partial charge on any atom is 0.233 e. The van der Waals surface area contributed by atoms with Gasteiger partial charge < -0.3 is 5.32 Å². The molecular formula is C19H21N3O3S. The fraction of sp³-hybridized carbons (Fsp3) is 0.474. The topological polar surface area (TPSA) is 79.4 Å². The third kappa shape index (κ3) is 3.11. The first-order chi connectivity index (χ1) is 12.5. The number of nitrogens with zero attached hydrogens (tertiary/aromatic N) is 2. The molecule has 136 valence electrons. The Bertz CT molecular complexity index is 867. The second-order valence-corrected chi connectivity index (χ2v) is 8.14. The highest BCUT2D eigenvalue weighted by Crippen LogP contribution is 2.38. The number of fused-ring (bicyclic) bond motifs is 2. The highest BCUT2D eigenvalue weighted by Gasteiger charge is 2.47. The molecule has 2 fully saturated rings. The zero-order valence-corrected chi connectivity index (χ0v) is 15.5. The van der Waals surface area contributed by atoms with E-state index in [0.29, 0.717) is 5.13 Å². The average Bonchev–Trinajstić information content (AvgIpc) is 3.12. The second-order valence-electron chi connectivity index (χ2n) is 7.11. The number of nitrogens with one attached hydrogen (secondary N) is 1. The normalized spacial score (nSPS) is 22.7. The predicted octanol–water partition coefficient (Wildman–Crippen LogP) is 3.11. The van der Waals surface area contributed by atoms with Gasteiger partial charge in [0.2, 0.25) is 17.7 Å². The van der Waals surface area contributed by atoms with Gasteiger partial charge in [-0.05, 0) is 37.5 Å². The Morgan fingerprint density at radius 3 is 2.62 bits per heavy atom. The van der Waals surface area contributed by atoms with Gasteiger partial charge in [0.05, 0.1) is 22.1 Å². The number of aryl methyl sites for hydroxylation is 1. The third-order valence-corrected chi connectivity index (χ3v) is 6.22. The molecule has 0 radical (unpaired) electrons. The zero-order valence-electron chi connectivity index (χ0n) is 14.7. The van der Waals surface area contributed by atoms with E-state index in [0.717, 1.165) is 41.5 Å². The number of amides is 3. The lowest BCUT2D eigenvalue weighted by Gasteiger charge is -2.19. The van der Waals surface area contributed by atoms with Crippen molar-refractivity contribution in [1.82, 2.24) is 9.88 Å². The molecule has 1 aliphatic heterocycles. The molecule has 26 heavy (non-hydrogen) atoms. The van der Waals surface area contributed by atoms with Gasteiger partial charge in [0.15, 0.2) is 5.13 Å². The molecule has 0 spiro atoms. The molecule has 1 aromatic carbocycles. The van der Waals surface area contributed by atoms with Crippen LogP contribution in [-0.4, -0.2) is 34.2 Å². The van der Waals surface area contributed by atoms with Crippen LogP contribution >= 0.6 is 11.3 Å². The molecule has 7 heteroatoms. The number of thiazole rings is 1. The molecule has 1 aromatic heterocycles. The average molecular weight is 371 g/mol. The molecule has 2 heterocycles. The molecule has 4 rings (SSSR count). The Morgan fingerprint density at radius 2 is 1.92 bits per heavy atom. The minimum atomic E-state index is -0.226. The van der Waals surface area contributed by atoms with Crippen molar-refractivity contribution in [3.05, 3.63) is 23.8 Å². The van der Waals surface area contributed by atoms with Crippen molar-refractivity contribution < 1.29 is 14.4 Å². The summed E-state index contributed by atoms with van der Waals surface area (Å²) in [6.07, 6.45) is 3.70. The molecule has 3 amide bonds. The van der Waals surface area contributed by atoms with Crippen LogP contribution in [0.2, 0.25) is 0 Å². The largest absolute Gasteiger partial charge is 0.302 e. The second kappa shape index (κ2) is 6.79. The van der Waals surface area contributed by atoms with Crippen molar-refractivity contribution in [1.29, 1.82) is 0 Å². The van der Waals surface area contributed by atoms with Crippen LogP contribution in [0.4, 0.5) is 5.13 Å². The number of hydrogen-bond donors (Lipinski definition) is 1. The number of aromatic nitrogens is 1. The van der Waals surface area contributed by atoms with E-state index in [-0.39, 0.29) is 42.5 Å². The zero-order chi connectivity index (χ0) is 18.3. The molecule has 2 aliphatic rings. The summed E-state index contributed by atoms with van der Waals surface area (Å²) in [7, 11) is 0. The van der Waals surface area contributed by atoms with Crippen molar-refractivity contribution in [3.8, 4) is 0 Å². The van der Waals surface area contributed by atoms with Crippen molar-refractivity contribution in [2.24, 2.45) is 11.8 Å². The maximum absolute atomic E-state index is 12.4. The van der Waals surface area contributed by atoms with Crippen molar-refractivity contribution in [2.45, 2.75) is 39.0 Å². The van der Waals surface area contributed by atoms with Crippen LogP contribution < -0.4 is 5.32 Å². The van der Waals surface area contributed by atoms with Gasteiger partial charge in [0.25, 0.3) is 0 Å². The van der Waals surface area contributed by atoms with Gasteiger partial charge in [-0.25, -0.2) is 4.98 Å². The lowest BCUT2D eigenvalue weighted by molar-refractivity contribution is -0.140. The van der Waals surface area contributed by atoms with Crippen LogP contribution in [0.25, 0.3) is 10.2 Å². The Balaban J connectivity index is 1.37. The highest BCUT2D eigenvalue weighted by molar-refractivity contribution is 7.22. The molecular weight excluding hydrogens is 350 g/mol. The number of imide groups is 1. The van der Waals surface area contributed by atoms with Crippen LogP contribution in [0, 0.1) is 18.8 Å². The molecule has 0 unspecified atom stereocenters. The fourth-order valence-electron chi connectivity index (χ4n) is 3.93. The Kier molecular flexibility index (Phi) is 4.48. The van der Waals surface area contributed by atoms with Crippen LogP contribution in [0.3, 0.4) is 0 Å². The summed E-state index contributed by atoms with van der Waals surface area (Å²) in [6.45, 7) is 2.17. The van der Waals surface area contributed by atoms with E-state index in [1.165, 1.54) is 16.2 Å². The Morgan fingerprint density at radius 1 is 1.23 bits per heavy atom. The van der Waals surface area contributed by atoms with E-state index in [9.17, 15) is 14.4 Å². The number of rotatable bonds is 4. The summed E-state index contributed by atoms with van der Waals surface area (Å²) in [5.41, 5.74) is 2.00. The van der Waals surface area contributed by atoms with E-state index < -0.39 is 0 Å². The number of carbonyl (C=O) groups is 3. The number of hydrogen-bond acceptors (Lipinski definition) is 5. The van der Waals surface area contributed by atoms with Gasteiger partial charge in [-0.2, -0.15) is 0 Å². The molecule has 1 saturated heterocycles. The summed E-state index contributed by atoms with van der Waals surface area (Å²) in [5, 5.41) is 3.33. The Labute approximate surface area is 155 Å². The minimum absolute atomic E-state index is 0.0945. The van der Waals surface area contributed by atoms with Gasteiger partial charge in [0, 0.05) is 13.0 Å². The van der Waals surface area contributed by atoms with Gasteiger partial charge in [-0.3, -0.25) is 19.3 Å². The Hall–Kier alpha value is -2.28. The summed E-state index contributed by atoms with van der Waals surface area (Å²) in [5.74, 6) is -0.735. The first kappa shape index (κ1) is 17.1. The van der Waals surface area contributed by atoms with Crippen molar-refractivity contribution in [3.63, 3.8) is 0 Å². The van der Waals surface area contributed by atoms with E-state index in [1.807, 2.05) is 25.1 Å². The quantitative estimate of drug-likeness (QED) is 0.838. The summed E-state index contributed by atoms with van der Waals surface area (Å²) in [6, 6.07) is 5.95. The molecule has 6 nitrogen and oxygen atoms in total. The first-order valence-corrected chi connectivity index (χ1v) is 9.87. The van der Waals surface area contributed by atoms with Gasteiger partial charge in [0.1, 0.15) is 0 Å². The fourth-order valence-corrected chi connectivity index (χ4v) is 4.91. The standard InChI is InChI=1S/C19H21N3O3S/c1-11-6-7-14-15(10-11)26-19(20-14)21-16(23)8-9-22-17(24)12-4-2-3-5-13(12)18(22)25/h6-7,10,12-13H,2-5,8-9H2,1H3,(H,20,21,23)/t12-,13-/m1/s1. The molecule has 0 bridgehead atoms. The maximum atomic E-state index is 12.4. The molecule has 1 N–H and O–H groups in total.